The zero-order valence-electron chi connectivity index (χ0n) is 39.4. The highest BCUT2D eigenvalue weighted by molar-refractivity contribution is 5.84. The van der Waals surface area contributed by atoms with Gasteiger partial charge in [0.05, 0.1) is 5.69 Å². The van der Waals surface area contributed by atoms with Gasteiger partial charge in [-0.05, 0) is 155 Å². The third-order valence-corrected chi connectivity index (χ3v) is 11.0. The molecule has 0 aliphatic carbocycles. The van der Waals surface area contributed by atoms with Gasteiger partial charge in [0.1, 0.15) is 17.2 Å². The number of aliphatic imine (C=N–C) groups is 1. The Morgan fingerprint density at radius 2 is 0.797 bits per heavy atom. The predicted molar refractivity (Wildman–Crippen MR) is 278 cm³/mol. The second-order valence-corrected chi connectivity index (χ2v) is 16.0. The molecule has 0 amide bonds. The molecule has 8 heteroatoms. The molecule has 0 aliphatic rings. The van der Waals surface area contributed by atoms with Crippen LogP contribution >= 0.6 is 0 Å². The van der Waals surface area contributed by atoms with E-state index >= 15 is 0 Å². The molecule has 0 aliphatic heterocycles. The normalized spacial score (nSPS) is 9.67. The van der Waals surface area contributed by atoms with Crippen molar-refractivity contribution < 1.29 is 19.0 Å². The Morgan fingerprint density at radius 1 is 0.435 bits per heavy atom. The molecular weight excluding hydrogens is 853 g/mol. The topological polar surface area (TPSA) is 128 Å². The van der Waals surface area contributed by atoms with Gasteiger partial charge in [-0.25, -0.2) is 4.79 Å². The Hall–Kier alpha value is -8.73. The van der Waals surface area contributed by atoms with E-state index in [1.54, 1.807) is 49.1 Å². The lowest BCUT2D eigenvalue weighted by atomic mass is 9.95. The third kappa shape index (κ3) is 16.3. The lowest BCUT2D eigenvalue weighted by Crippen LogP contribution is -1.95. The van der Waals surface area contributed by atoms with Crippen LogP contribution in [0.4, 0.5) is 5.69 Å². The number of rotatable bonds is 11. The summed E-state index contributed by atoms with van der Waals surface area (Å²) in [5, 5.41) is 27.4. The first-order valence-electron chi connectivity index (χ1n) is 22.3. The van der Waals surface area contributed by atoms with Gasteiger partial charge < -0.3 is 14.2 Å². The highest BCUT2D eigenvalue weighted by Gasteiger charge is 2.10. The molecule has 8 aromatic rings. The quantitative estimate of drug-likeness (QED) is 0.0718. The summed E-state index contributed by atoms with van der Waals surface area (Å²) in [7, 11) is 0. The van der Waals surface area contributed by atoms with Crippen molar-refractivity contribution in [3.8, 4) is 47.1 Å². The number of isocyanates is 1. The number of carbonyl (C=O) groups excluding carboxylic acids is 1. The average molecular weight is 911 g/mol. The lowest BCUT2D eigenvalue weighted by Gasteiger charge is -2.11. The second kappa shape index (κ2) is 27.7. The highest BCUT2D eigenvalue weighted by Crippen LogP contribution is 2.29. The van der Waals surface area contributed by atoms with Crippen LogP contribution in [0.15, 0.2) is 175 Å². The first-order valence-corrected chi connectivity index (χ1v) is 22.3. The van der Waals surface area contributed by atoms with Gasteiger partial charge in [0.2, 0.25) is 6.08 Å². The molecule has 69 heavy (non-hydrogen) atoms. The third-order valence-electron chi connectivity index (χ3n) is 11.0. The summed E-state index contributed by atoms with van der Waals surface area (Å²) in [6.07, 6.45) is 10.4. The predicted octanol–water partition coefficient (Wildman–Crippen LogP) is 15.3. The summed E-state index contributed by atoms with van der Waals surface area (Å²) in [4.78, 5) is 14.5. The number of benzene rings is 8. The molecule has 8 rings (SSSR count). The smallest absolute Gasteiger partial charge is 0.292 e. The minimum Gasteiger partial charge on any atom is -0.388 e. The van der Waals surface area contributed by atoms with E-state index in [0.29, 0.717) is 22.9 Å². The maximum absolute atomic E-state index is 10.7. The SMILES string of the molecule is C.CCc1ccc(-c2ccc(CC)cc2)cc1.Cc1cc(Cc2ccc3cc(Cc4cc(C)c(OC#N)c(C)c4)ccc3c2)cc(C)c1N=C=O.N#COc1ccccc1.N#COc1ccccc1. The standard InChI is InChI=1S/C30H26N2O2.C16H18.2C7H5NO.CH4/c1-19-9-25(10-20(2)29(19)32-18-33)13-23-5-7-28-16-24(6-8-27(28)15-23)14-26-11-21(3)30(34-17-31)22(4)12-26;1-3-13-5-9-15(10-6-13)16-11-7-14(4-2)8-12-16;2*8-6-9-7-4-2-1-3-5-7;/h5-12,15-16H,13-14H2,1-4H3;5-12H,3-4H2,1-2H3;2*1-5H;1H4. The minimum absolute atomic E-state index is 0. The Morgan fingerprint density at radius 3 is 1.14 bits per heavy atom. The summed E-state index contributed by atoms with van der Waals surface area (Å²) in [5.41, 5.74) is 14.9. The fourth-order valence-corrected chi connectivity index (χ4v) is 7.70. The van der Waals surface area contributed by atoms with Crippen LogP contribution in [0.1, 0.15) is 76.9 Å². The molecule has 0 fully saturated rings. The molecule has 8 aromatic carbocycles. The van der Waals surface area contributed by atoms with Crippen molar-refractivity contribution in [1.29, 1.82) is 15.8 Å². The number of aryl methyl sites for hydroxylation is 6. The molecule has 346 valence electrons. The molecule has 0 spiro atoms. The van der Waals surface area contributed by atoms with E-state index in [-0.39, 0.29) is 7.43 Å². The summed E-state index contributed by atoms with van der Waals surface area (Å²) in [6, 6.07) is 57.1. The molecule has 0 unspecified atom stereocenters. The molecule has 0 aromatic heterocycles. The number of para-hydroxylation sites is 2. The van der Waals surface area contributed by atoms with Crippen LogP contribution in [0, 0.1) is 62.2 Å². The number of fused-ring (bicyclic) bond motifs is 1. The first kappa shape index (κ1) is 52.9. The molecular formula is C61H58N4O4. The van der Waals surface area contributed by atoms with Gasteiger partial charge >= 0.3 is 0 Å². The zero-order chi connectivity index (χ0) is 48.7. The number of nitriles is 3. The van der Waals surface area contributed by atoms with Gasteiger partial charge in [-0.1, -0.05) is 167 Å². The Bertz CT molecular complexity index is 2920. The number of hydrogen-bond acceptors (Lipinski definition) is 8. The van der Waals surface area contributed by atoms with Crippen LogP contribution in [0.25, 0.3) is 21.9 Å². The van der Waals surface area contributed by atoms with Crippen molar-refractivity contribution in [3.63, 3.8) is 0 Å². The molecule has 8 nitrogen and oxygen atoms in total. The first-order chi connectivity index (χ1) is 33.1. The van der Waals surface area contributed by atoms with Gasteiger partial charge in [0.15, 0.2) is 0 Å². The van der Waals surface area contributed by atoms with Gasteiger partial charge in [-0.3, -0.25) is 0 Å². The van der Waals surface area contributed by atoms with E-state index in [1.807, 2.05) is 64.1 Å². The Kier molecular flexibility index (Phi) is 21.2. The average Bonchev–Trinajstić information content (AvgIpc) is 3.35. The van der Waals surface area contributed by atoms with Gasteiger partial charge in [0, 0.05) is 0 Å². The van der Waals surface area contributed by atoms with E-state index in [1.165, 1.54) is 55.3 Å². The maximum atomic E-state index is 10.7. The minimum atomic E-state index is 0. The van der Waals surface area contributed by atoms with Gasteiger partial charge in [-0.2, -0.15) is 4.99 Å². The van der Waals surface area contributed by atoms with E-state index in [4.69, 9.17) is 20.5 Å². The summed E-state index contributed by atoms with van der Waals surface area (Å²) < 4.78 is 14.1. The number of hydrogen-bond donors (Lipinski definition) is 0. The van der Waals surface area contributed by atoms with Crippen LogP contribution in [0.5, 0.6) is 17.2 Å². The summed E-state index contributed by atoms with van der Waals surface area (Å²) >= 11 is 0. The molecule has 0 radical (unpaired) electrons. The number of nitrogens with zero attached hydrogens (tertiary/aromatic N) is 4. The largest absolute Gasteiger partial charge is 0.388 e. The lowest BCUT2D eigenvalue weighted by molar-refractivity contribution is 0.498. The van der Waals surface area contributed by atoms with Crippen LogP contribution in [0.2, 0.25) is 0 Å². The monoisotopic (exact) mass is 910 g/mol. The van der Waals surface area contributed by atoms with Crippen molar-refractivity contribution in [2.75, 3.05) is 0 Å². The van der Waals surface area contributed by atoms with Crippen molar-refractivity contribution in [1.82, 2.24) is 0 Å². The van der Waals surface area contributed by atoms with E-state index < -0.39 is 0 Å². The molecule has 0 bridgehead atoms. The van der Waals surface area contributed by atoms with Gasteiger partial charge in [0.25, 0.3) is 18.8 Å². The highest BCUT2D eigenvalue weighted by atomic mass is 16.5. The Balaban J connectivity index is 0.000000242. The van der Waals surface area contributed by atoms with Crippen molar-refractivity contribution >= 4 is 22.5 Å². The van der Waals surface area contributed by atoms with Gasteiger partial charge in [-0.15, -0.1) is 15.8 Å². The fourth-order valence-electron chi connectivity index (χ4n) is 7.70. The van der Waals surface area contributed by atoms with E-state index in [2.05, 4.69) is 138 Å². The van der Waals surface area contributed by atoms with Crippen molar-refractivity contribution in [2.24, 2.45) is 4.99 Å². The van der Waals surface area contributed by atoms with E-state index in [0.717, 1.165) is 47.9 Å². The fraction of sp³-hybridized carbons (Fsp3) is 0.180. The molecule has 0 saturated carbocycles. The number of ether oxygens (including phenoxy) is 3. The van der Waals surface area contributed by atoms with Crippen molar-refractivity contribution in [3.05, 3.63) is 225 Å². The van der Waals surface area contributed by atoms with Crippen LogP contribution in [-0.2, 0) is 30.5 Å². The molecule has 0 heterocycles. The van der Waals surface area contributed by atoms with Crippen LogP contribution in [-0.4, -0.2) is 6.08 Å². The molecule has 0 N–H and O–H groups in total. The Labute approximate surface area is 408 Å². The maximum Gasteiger partial charge on any atom is 0.292 e. The zero-order valence-corrected chi connectivity index (χ0v) is 39.4. The molecule has 0 saturated heterocycles. The van der Waals surface area contributed by atoms with Crippen LogP contribution < -0.4 is 14.2 Å². The van der Waals surface area contributed by atoms with Crippen molar-refractivity contribution in [2.45, 2.75) is 74.7 Å². The summed E-state index contributed by atoms with van der Waals surface area (Å²) in [5.74, 6) is 1.81. The second-order valence-electron chi connectivity index (χ2n) is 16.0. The molecule has 0 atom stereocenters. The van der Waals surface area contributed by atoms with E-state index in [9.17, 15) is 4.79 Å². The van der Waals surface area contributed by atoms with Crippen LogP contribution in [0.3, 0.4) is 0 Å². The summed E-state index contributed by atoms with van der Waals surface area (Å²) in [6.45, 7) is 12.3.